The van der Waals surface area contributed by atoms with Gasteiger partial charge < -0.3 is 5.32 Å². The Morgan fingerprint density at radius 3 is 2.76 bits per heavy atom. The van der Waals surface area contributed by atoms with Gasteiger partial charge in [-0.25, -0.2) is 9.97 Å². The van der Waals surface area contributed by atoms with Crippen LogP contribution < -0.4 is 5.32 Å². The molecule has 1 amide bonds. The quantitative estimate of drug-likeness (QED) is 0.804. The van der Waals surface area contributed by atoms with Crippen molar-refractivity contribution in [2.75, 3.05) is 5.32 Å². The Labute approximate surface area is 98.7 Å². The summed E-state index contributed by atoms with van der Waals surface area (Å²) in [7, 11) is 0. The van der Waals surface area contributed by atoms with Crippen molar-refractivity contribution in [3.8, 4) is 0 Å². The molecule has 0 saturated carbocycles. The lowest BCUT2D eigenvalue weighted by Crippen LogP contribution is -2.32. The molecule has 2 heterocycles. The van der Waals surface area contributed by atoms with Crippen molar-refractivity contribution >= 4 is 11.7 Å². The van der Waals surface area contributed by atoms with Gasteiger partial charge in [0.2, 0.25) is 5.91 Å². The summed E-state index contributed by atoms with van der Waals surface area (Å²) in [6.45, 7) is 1.90. The molecular weight excluding hydrogens is 214 g/mol. The summed E-state index contributed by atoms with van der Waals surface area (Å²) in [5, 5.41) is 2.80. The van der Waals surface area contributed by atoms with Gasteiger partial charge in [-0.3, -0.25) is 4.79 Å². The van der Waals surface area contributed by atoms with E-state index in [0.717, 1.165) is 11.1 Å². The van der Waals surface area contributed by atoms with Crippen LogP contribution in [0.3, 0.4) is 0 Å². The first-order valence-electron chi connectivity index (χ1n) is 5.40. The molecule has 1 unspecified atom stereocenters. The molecule has 0 bridgehead atoms. The molecular formula is C13H11N3O. The number of benzene rings is 1. The number of anilines is 1. The topological polar surface area (TPSA) is 54.9 Å². The third-order valence-corrected chi connectivity index (χ3v) is 3.29. The molecule has 17 heavy (non-hydrogen) atoms. The fraction of sp³-hybridized carbons (Fsp3) is 0.154. The minimum absolute atomic E-state index is 0.0563. The standard InChI is InChI=1S/C13H11N3O/c1-13(9-5-3-2-4-6-9)10-7-14-8-15-11(10)16-12(13)17/h2-8H,1H3,(H,14,15,16,17). The third kappa shape index (κ3) is 1.27. The predicted octanol–water partition coefficient (Wildman–Crippen LogP) is 1.73. The Balaban J connectivity index is 2.24. The summed E-state index contributed by atoms with van der Waals surface area (Å²) in [5.41, 5.74) is 1.08. The maximum atomic E-state index is 12.2. The molecule has 3 rings (SSSR count). The molecule has 1 aliphatic heterocycles. The lowest BCUT2D eigenvalue weighted by atomic mass is 9.78. The van der Waals surface area contributed by atoms with Gasteiger partial charge in [0, 0.05) is 11.8 Å². The Bertz CT molecular complexity index is 582. The molecule has 0 aliphatic carbocycles. The zero-order valence-electron chi connectivity index (χ0n) is 9.34. The third-order valence-electron chi connectivity index (χ3n) is 3.29. The second-order valence-electron chi connectivity index (χ2n) is 4.23. The zero-order valence-corrected chi connectivity index (χ0v) is 9.34. The first-order valence-corrected chi connectivity index (χ1v) is 5.40. The van der Waals surface area contributed by atoms with Crippen LogP contribution in [0.5, 0.6) is 0 Å². The molecule has 1 aromatic carbocycles. The summed E-state index contributed by atoms with van der Waals surface area (Å²) < 4.78 is 0. The van der Waals surface area contributed by atoms with Crippen LogP contribution in [0.25, 0.3) is 0 Å². The van der Waals surface area contributed by atoms with Crippen molar-refractivity contribution in [1.82, 2.24) is 9.97 Å². The Hall–Kier alpha value is -2.23. The molecule has 0 saturated heterocycles. The van der Waals surface area contributed by atoms with Crippen LogP contribution in [0.4, 0.5) is 5.82 Å². The number of hydrogen-bond acceptors (Lipinski definition) is 3. The number of amides is 1. The van der Waals surface area contributed by atoms with Crippen molar-refractivity contribution < 1.29 is 4.79 Å². The maximum Gasteiger partial charge on any atom is 0.240 e. The molecule has 4 nitrogen and oxygen atoms in total. The van der Waals surface area contributed by atoms with Gasteiger partial charge in [0.1, 0.15) is 17.6 Å². The first kappa shape index (κ1) is 9.96. The van der Waals surface area contributed by atoms with Gasteiger partial charge in [-0.15, -0.1) is 0 Å². The van der Waals surface area contributed by atoms with Crippen LogP contribution in [-0.2, 0) is 10.2 Å². The highest BCUT2D eigenvalue weighted by molar-refractivity contribution is 6.07. The summed E-state index contributed by atoms with van der Waals surface area (Å²) in [4.78, 5) is 20.3. The molecule has 1 aliphatic rings. The smallest absolute Gasteiger partial charge is 0.240 e. The maximum absolute atomic E-state index is 12.2. The van der Waals surface area contributed by atoms with Crippen LogP contribution in [0.1, 0.15) is 18.1 Å². The molecule has 1 aromatic heterocycles. The van der Waals surface area contributed by atoms with Gasteiger partial charge in [-0.05, 0) is 12.5 Å². The monoisotopic (exact) mass is 225 g/mol. The number of rotatable bonds is 1. The molecule has 0 spiro atoms. The number of nitrogens with zero attached hydrogens (tertiary/aromatic N) is 2. The van der Waals surface area contributed by atoms with Crippen LogP contribution in [0.2, 0.25) is 0 Å². The SMILES string of the molecule is CC1(c2ccccc2)C(=O)Nc2ncncc21. The summed E-state index contributed by atoms with van der Waals surface area (Å²) in [6, 6.07) is 9.68. The van der Waals surface area contributed by atoms with Crippen LogP contribution >= 0.6 is 0 Å². The molecule has 1 atom stereocenters. The van der Waals surface area contributed by atoms with Crippen molar-refractivity contribution in [3.63, 3.8) is 0 Å². The normalized spacial score (nSPS) is 22.1. The lowest BCUT2D eigenvalue weighted by molar-refractivity contribution is -0.119. The van der Waals surface area contributed by atoms with E-state index in [0.29, 0.717) is 5.82 Å². The summed E-state index contributed by atoms with van der Waals surface area (Å²) >= 11 is 0. The fourth-order valence-corrected chi connectivity index (χ4v) is 2.21. The molecule has 0 radical (unpaired) electrons. The Morgan fingerprint density at radius 1 is 1.24 bits per heavy atom. The van der Waals surface area contributed by atoms with E-state index in [2.05, 4.69) is 15.3 Å². The molecule has 2 aromatic rings. The van der Waals surface area contributed by atoms with Crippen LogP contribution in [-0.4, -0.2) is 15.9 Å². The second-order valence-corrected chi connectivity index (χ2v) is 4.23. The van der Waals surface area contributed by atoms with Gasteiger partial charge in [-0.1, -0.05) is 30.3 Å². The minimum Gasteiger partial charge on any atom is -0.309 e. The lowest BCUT2D eigenvalue weighted by Gasteiger charge is -2.21. The van der Waals surface area contributed by atoms with Crippen molar-refractivity contribution in [2.24, 2.45) is 0 Å². The van der Waals surface area contributed by atoms with Crippen LogP contribution in [0, 0.1) is 0 Å². The largest absolute Gasteiger partial charge is 0.309 e. The highest BCUT2D eigenvalue weighted by Gasteiger charge is 2.45. The van der Waals surface area contributed by atoms with E-state index in [9.17, 15) is 4.79 Å². The summed E-state index contributed by atoms with van der Waals surface area (Å²) in [5.74, 6) is 0.551. The van der Waals surface area contributed by atoms with Gasteiger partial charge in [-0.2, -0.15) is 0 Å². The van der Waals surface area contributed by atoms with Crippen molar-refractivity contribution in [2.45, 2.75) is 12.3 Å². The van der Waals surface area contributed by atoms with E-state index in [1.54, 1.807) is 6.20 Å². The van der Waals surface area contributed by atoms with Gasteiger partial charge >= 0.3 is 0 Å². The number of hydrogen-bond donors (Lipinski definition) is 1. The van der Waals surface area contributed by atoms with E-state index in [4.69, 9.17) is 0 Å². The van der Waals surface area contributed by atoms with Crippen molar-refractivity contribution in [3.05, 3.63) is 54.0 Å². The number of nitrogens with one attached hydrogen (secondary N) is 1. The van der Waals surface area contributed by atoms with E-state index >= 15 is 0 Å². The Kier molecular flexibility index (Phi) is 1.98. The average Bonchev–Trinajstić information content (AvgIpc) is 2.64. The summed E-state index contributed by atoms with van der Waals surface area (Å²) in [6.07, 6.45) is 3.14. The highest BCUT2D eigenvalue weighted by Crippen LogP contribution is 2.40. The number of carbonyl (C=O) groups is 1. The number of fused-ring (bicyclic) bond motifs is 1. The van der Waals surface area contributed by atoms with Crippen LogP contribution in [0.15, 0.2) is 42.9 Å². The van der Waals surface area contributed by atoms with E-state index in [1.165, 1.54) is 6.33 Å². The predicted molar refractivity (Wildman–Crippen MR) is 63.6 cm³/mol. The Morgan fingerprint density at radius 2 is 2.00 bits per heavy atom. The highest BCUT2D eigenvalue weighted by atomic mass is 16.2. The molecule has 84 valence electrons. The first-order chi connectivity index (χ1) is 8.23. The van der Waals surface area contributed by atoms with Crippen molar-refractivity contribution in [1.29, 1.82) is 0 Å². The minimum atomic E-state index is -0.697. The average molecular weight is 225 g/mol. The molecule has 0 fully saturated rings. The van der Waals surface area contributed by atoms with E-state index in [1.807, 2.05) is 37.3 Å². The zero-order chi connectivity index (χ0) is 11.9. The van der Waals surface area contributed by atoms with E-state index in [-0.39, 0.29) is 5.91 Å². The van der Waals surface area contributed by atoms with E-state index < -0.39 is 5.41 Å². The fourth-order valence-electron chi connectivity index (χ4n) is 2.21. The molecule has 4 heteroatoms. The second kappa shape index (κ2) is 3.38. The molecule has 1 N–H and O–H groups in total. The van der Waals surface area contributed by atoms with Gasteiger partial charge in [0.25, 0.3) is 0 Å². The number of aromatic nitrogens is 2. The van der Waals surface area contributed by atoms with Gasteiger partial charge in [0.05, 0.1) is 0 Å². The van der Waals surface area contributed by atoms with Gasteiger partial charge in [0.15, 0.2) is 0 Å². The number of carbonyl (C=O) groups excluding carboxylic acids is 1.